The molecule has 1 aromatic rings. The zero-order valence-corrected chi connectivity index (χ0v) is 8.79. The Balaban J connectivity index is 1.84. The minimum atomic E-state index is 0.259. The van der Waals surface area contributed by atoms with Gasteiger partial charge >= 0.3 is 0 Å². The van der Waals surface area contributed by atoms with Crippen LogP contribution in [0.25, 0.3) is 0 Å². The molecule has 3 aliphatic carbocycles. The highest BCUT2D eigenvalue weighted by molar-refractivity contribution is 9.10. The second kappa shape index (κ2) is 2.17. The van der Waals surface area contributed by atoms with E-state index in [0.29, 0.717) is 6.61 Å². The zero-order valence-electron chi connectivity index (χ0n) is 7.20. The Morgan fingerprint density at radius 3 is 2.69 bits per heavy atom. The summed E-state index contributed by atoms with van der Waals surface area (Å²) in [6.45, 7) is 0.344. The highest BCUT2D eigenvalue weighted by Gasteiger charge is 2.69. The first-order valence-corrected chi connectivity index (χ1v) is 5.29. The fraction of sp³-hybridized carbons (Fsp3) is 0.667. The van der Waals surface area contributed by atoms with Crippen LogP contribution >= 0.6 is 15.9 Å². The van der Waals surface area contributed by atoms with Crippen LogP contribution in [-0.2, 0) is 5.54 Å². The van der Waals surface area contributed by atoms with Crippen molar-refractivity contribution in [3.05, 3.63) is 16.9 Å². The number of halogens is 1. The van der Waals surface area contributed by atoms with Crippen LogP contribution in [0.2, 0.25) is 0 Å². The van der Waals surface area contributed by atoms with Crippen molar-refractivity contribution in [2.45, 2.75) is 24.8 Å². The van der Waals surface area contributed by atoms with Crippen LogP contribution in [0, 0.1) is 5.41 Å². The summed E-state index contributed by atoms with van der Waals surface area (Å²) in [7, 11) is 0. The smallest absolute Gasteiger partial charge is 0.0646 e. The Morgan fingerprint density at radius 1 is 1.54 bits per heavy atom. The largest absolute Gasteiger partial charge is 0.396 e. The summed E-state index contributed by atoms with van der Waals surface area (Å²) >= 11 is 3.39. The molecule has 0 unspecified atom stereocenters. The van der Waals surface area contributed by atoms with Gasteiger partial charge in [0.05, 0.1) is 16.2 Å². The van der Waals surface area contributed by atoms with Crippen molar-refractivity contribution in [1.82, 2.24) is 9.78 Å². The second-order valence-corrected chi connectivity index (χ2v) is 5.43. The Kier molecular flexibility index (Phi) is 1.34. The Hall–Kier alpha value is -0.350. The molecule has 4 heteroatoms. The molecule has 0 radical (unpaired) electrons. The van der Waals surface area contributed by atoms with E-state index < -0.39 is 0 Å². The summed E-state index contributed by atoms with van der Waals surface area (Å²) in [5.41, 5.74) is 0.521. The minimum absolute atomic E-state index is 0.259. The van der Waals surface area contributed by atoms with Crippen molar-refractivity contribution in [1.29, 1.82) is 0 Å². The lowest BCUT2D eigenvalue weighted by molar-refractivity contribution is -0.213. The van der Waals surface area contributed by atoms with Crippen molar-refractivity contribution >= 4 is 15.9 Å². The van der Waals surface area contributed by atoms with E-state index in [1.54, 1.807) is 0 Å². The number of hydrogen-bond acceptors (Lipinski definition) is 2. The van der Waals surface area contributed by atoms with Crippen LogP contribution in [0.1, 0.15) is 19.3 Å². The molecule has 0 atom stereocenters. The Labute approximate surface area is 84.9 Å². The molecule has 1 heterocycles. The van der Waals surface area contributed by atoms with E-state index in [2.05, 4.69) is 25.7 Å². The molecule has 3 nitrogen and oxygen atoms in total. The van der Waals surface area contributed by atoms with Gasteiger partial charge in [-0.1, -0.05) is 0 Å². The molecule has 2 bridgehead atoms. The molecular weight excluding hydrogens is 232 g/mol. The standard InChI is InChI=1S/C9H11BrN2O/c10-7-1-11-12(2-7)9-3-8(4-9,5-9)6-13/h1-2,13H,3-6H2. The maximum atomic E-state index is 9.11. The molecule has 3 aliphatic rings. The van der Waals surface area contributed by atoms with Crippen molar-refractivity contribution < 1.29 is 5.11 Å². The molecule has 3 saturated carbocycles. The topological polar surface area (TPSA) is 38.0 Å². The lowest BCUT2D eigenvalue weighted by Gasteiger charge is -2.69. The first-order valence-electron chi connectivity index (χ1n) is 4.50. The number of rotatable bonds is 2. The summed E-state index contributed by atoms with van der Waals surface area (Å²) in [6.07, 6.45) is 7.16. The van der Waals surface area contributed by atoms with E-state index >= 15 is 0 Å². The average Bonchev–Trinajstić information content (AvgIpc) is 2.31. The van der Waals surface area contributed by atoms with Crippen LogP contribution < -0.4 is 0 Å². The summed E-state index contributed by atoms with van der Waals surface area (Å²) in [5, 5.41) is 13.4. The van der Waals surface area contributed by atoms with Gasteiger partial charge in [0.2, 0.25) is 0 Å². The molecule has 3 fully saturated rings. The lowest BCUT2D eigenvalue weighted by Crippen LogP contribution is -2.69. The molecule has 1 aromatic heterocycles. The van der Waals surface area contributed by atoms with E-state index in [-0.39, 0.29) is 11.0 Å². The summed E-state index contributed by atoms with van der Waals surface area (Å²) in [4.78, 5) is 0. The fourth-order valence-corrected chi connectivity index (χ4v) is 3.20. The minimum Gasteiger partial charge on any atom is -0.396 e. The predicted molar refractivity (Wildman–Crippen MR) is 51.3 cm³/mol. The number of aromatic nitrogens is 2. The third-order valence-corrected chi connectivity index (χ3v) is 3.89. The van der Waals surface area contributed by atoms with Crippen LogP contribution in [0.5, 0.6) is 0 Å². The number of aliphatic hydroxyl groups excluding tert-OH is 1. The summed E-state index contributed by atoms with van der Waals surface area (Å²) in [5.74, 6) is 0. The van der Waals surface area contributed by atoms with Crippen molar-refractivity contribution in [3.8, 4) is 0 Å². The molecule has 0 spiro atoms. The maximum absolute atomic E-state index is 9.11. The van der Waals surface area contributed by atoms with Crippen molar-refractivity contribution in [2.24, 2.45) is 5.41 Å². The fourth-order valence-electron chi connectivity index (χ4n) is 2.91. The third kappa shape index (κ3) is 0.854. The monoisotopic (exact) mass is 242 g/mol. The van der Waals surface area contributed by atoms with E-state index in [1.165, 1.54) is 0 Å². The average molecular weight is 243 g/mol. The van der Waals surface area contributed by atoms with E-state index in [0.717, 1.165) is 23.7 Å². The third-order valence-electron chi connectivity index (χ3n) is 3.48. The molecule has 4 rings (SSSR count). The maximum Gasteiger partial charge on any atom is 0.0646 e. The van der Waals surface area contributed by atoms with Crippen LogP contribution in [0.15, 0.2) is 16.9 Å². The summed E-state index contributed by atoms with van der Waals surface area (Å²) < 4.78 is 3.09. The molecule has 0 aromatic carbocycles. The van der Waals surface area contributed by atoms with Gasteiger partial charge in [-0.3, -0.25) is 4.68 Å². The van der Waals surface area contributed by atoms with E-state index in [1.807, 2.05) is 12.4 Å². The summed E-state index contributed by atoms with van der Waals surface area (Å²) in [6, 6.07) is 0. The van der Waals surface area contributed by atoms with Crippen LogP contribution in [0.4, 0.5) is 0 Å². The number of hydrogen-bond donors (Lipinski definition) is 1. The highest BCUT2D eigenvalue weighted by Crippen LogP contribution is 2.70. The highest BCUT2D eigenvalue weighted by atomic mass is 79.9. The van der Waals surface area contributed by atoms with Gasteiger partial charge < -0.3 is 5.11 Å². The van der Waals surface area contributed by atoms with Gasteiger partial charge in [0, 0.05) is 18.2 Å². The lowest BCUT2D eigenvalue weighted by atomic mass is 9.40. The quantitative estimate of drug-likeness (QED) is 0.855. The zero-order chi connectivity index (χ0) is 9.10. The molecule has 0 amide bonds. The number of aliphatic hydroxyl groups is 1. The normalized spacial score (nSPS) is 41.1. The number of nitrogens with zero attached hydrogens (tertiary/aromatic N) is 2. The van der Waals surface area contributed by atoms with Crippen molar-refractivity contribution in [3.63, 3.8) is 0 Å². The Bertz CT molecular complexity index is 340. The second-order valence-electron chi connectivity index (χ2n) is 4.52. The van der Waals surface area contributed by atoms with Gasteiger partial charge in [0.25, 0.3) is 0 Å². The molecule has 70 valence electrons. The molecule has 1 N–H and O–H groups in total. The first kappa shape index (κ1) is 8.00. The first-order chi connectivity index (χ1) is 6.18. The Morgan fingerprint density at radius 2 is 2.23 bits per heavy atom. The van der Waals surface area contributed by atoms with E-state index in [9.17, 15) is 0 Å². The van der Waals surface area contributed by atoms with Gasteiger partial charge in [0.15, 0.2) is 0 Å². The van der Waals surface area contributed by atoms with Crippen LogP contribution in [-0.4, -0.2) is 21.5 Å². The van der Waals surface area contributed by atoms with Crippen LogP contribution in [0.3, 0.4) is 0 Å². The van der Waals surface area contributed by atoms with Crippen molar-refractivity contribution in [2.75, 3.05) is 6.61 Å². The predicted octanol–water partition coefficient (Wildman–Crippen LogP) is 1.52. The SMILES string of the molecule is OCC12CC(n3cc(Br)cn3)(C1)C2. The van der Waals surface area contributed by atoms with Gasteiger partial charge in [-0.15, -0.1) is 0 Å². The van der Waals surface area contributed by atoms with E-state index in [4.69, 9.17) is 5.11 Å². The van der Waals surface area contributed by atoms with Gasteiger partial charge in [0.1, 0.15) is 0 Å². The molecule has 0 saturated heterocycles. The van der Waals surface area contributed by atoms with Gasteiger partial charge in [-0.05, 0) is 35.2 Å². The molecular formula is C9H11BrN2O. The van der Waals surface area contributed by atoms with Gasteiger partial charge in [-0.2, -0.15) is 5.10 Å². The molecule has 0 aliphatic heterocycles. The van der Waals surface area contributed by atoms with Gasteiger partial charge in [-0.25, -0.2) is 0 Å². The molecule has 13 heavy (non-hydrogen) atoms.